The summed E-state index contributed by atoms with van der Waals surface area (Å²) < 4.78 is 23.7. The third-order valence-electron chi connectivity index (χ3n) is 3.15. The van der Waals surface area contributed by atoms with Gasteiger partial charge in [-0.15, -0.1) is 0 Å². The number of hydrogen-bond acceptors (Lipinski definition) is 5. The molecule has 122 valence electrons. The average Bonchev–Trinajstić information content (AvgIpc) is 3.00. The Hall–Kier alpha value is -3.22. The molecule has 0 atom stereocenters. The summed E-state index contributed by atoms with van der Waals surface area (Å²) in [7, 11) is 0. The van der Waals surface area contributed by atoms with Gasteiger partial charge < -0.3 is 14.6 Å². The van der Waals surface area contributed by atoms with Crippen molar-refractivity contribution in [3.63, 3.8) is 0 Å². The maximum Gasteiger partial charge on any atom is 0.290 e. The number of rotatable bonds is 5. The number of hydrogen-bond donors (Lipinski definition) is 1. The Balaban J connectivity index is 1.71. The minimum Gasteiger partial charge on any atom is -0.439 e. The Bertz CT molecular complexity index is 864. The maximum absolute atomic E-state index is 13.2. The van der Waals surface area contributed by atoms with Crippen LogP contribution in [0.3, 0.4) is 0 Å². The lowest BCUT2D eigenvalue weighted by Gasteiger charge is -2.10. The van der Waals surface area contributed by atoms with E-state index in [1.54, 1.807) is 43.5 Å². The molecule has 0 spiro atoms. The van der Waals surface area contributed by atoms with Crippen molar-refractivity contribution in [2.45, 2.75) is 13.5 Å². The minimum absolute atomic E-state index is 0.129. The van der Waals surface area contributed by atoms with Crippen LogP contribution in [0.4, 0.5) is 4.39 Å². The van der Waals surface area contributed by atoms with Crippen molar-refractivity contribution in [2.75, 3.05) is 0 Å². The summed E-state index contributed by atoms with van der Waals surface area (Å²) >= 11 is 0. The fraction of sp³-hybridized carbons (Fsp3) is 0.118. The second-order valence-electron chi connectivity index (χ2n) is 5.04. The molecule has 0 radical (unpaired) electrons. The molecule has 0 aliphatic heterocycles. The first-order valence-corrected chi connectivity index (χ1v) is 7.20. The summed E-state index contributed by atoms with van der Waals surface area (Å²) in [5.41, 5.74) is 1.27. The molecule has 1 N–H and O–H groups in total. The number of aryl methyl sites for hydroxylation is 1. The van der Waals surface area contributed by atoms with Gasteiger partial charge >= 0.3 is 0 Å². The molecule has 0 aliphatic rings. The second-order valence-corrected chi connectivity index (χ2v) is 5.04. The van der Waals surface area contributed by atoms with Gasteiger partial charge in [-0.25, -0.2) is 9.37 Å². The van der Waals surface area contributed by atoms with E-state index in [0.29, 0.717) is 17.0 Å². The van der Waals surface area contributed by atoms with E-state index in [1.165, 1.54) is 12.1 Å². The minimum atomic E-state index is -0.404. The topological polar surface area (TPSA) is 77.2 Å². The van der Waals surface area contributed by atoms with Crippen LogP contribution in [-0.4, -0.2) is 16.0 Å². The zero-order valence-corrected chi connectivity index (χ0v) is 12.8. The molecule has 24 heavy (non-hydrogen) atoms. The second kappa shape index (κ2) is 6.91. The number of ether oxygens (including phenoxy) is 1. The number of amides is 1. The summed E-state index contributed by atoms with van der Waals surface area (Å²) in [4.78, 5) is 16.1. The number of carbonyl (C=O) groups excluding carboxylic acids is 1. The molecule has 0 unspecified atom stereocenters. The molecule has 0 saturated carbocycles. The third-order valence-corrected chi connectivity index (χ3v) is 3.15. The molecule has 6 nitrogen and oxygen atoms in total. The van der Waals surface area contributed by atoms with E-state index >= 15 is 0 Å². The van der Waals surface area contributed by atoms with Gasteiger partial charge in [-0.2, -0.15) is 0 Å². The van der Waals surface area contributed by atoms with E-state index in [0.717, 1.165) is 0 Å². The smallest absolute Gasteiger partial charge is 0.290 e. The predicted octanol–water partition coefficient (Wildman–Crippen LogP) is 3.24. The fourth-order valence-corrected chi connectivity index (χ4v) is 2.03. The summed E-state index contributed by atoms with van der Waals surface area (Å²) in [6.07, 6.45) is 1.56. The Morgan fingerprint density at radius 1 is 1.29 bits per heavy atom. The molecular formula is C17H14FN3O3. The summed E-state index contributed by atoms with van der Waals surface area (Å²) in [6.45, 7) is 1.91. The number of aromatic nitrogens is 2. The van der Waals surface area contributed by atoms with Gasteiger partial charge in [-0.1, -0.05) is 17.3 Å². The number of nitrogens with zero attached hydrogens (tertiary/aromatic N) is 2. The van der Waals surface area contributed by atoms with Gasteiger partial charge in [0.15, 0.2) is 0 Å². The van der Waals surface area contributed by atoms with Crippen LogP contribution < -0.4 is 10.1 Å². The molecule has 7 heteroatoms. The number of carbonyl (C=O) groups is 1. The summed E-state index contributed by atoms with van der Waals surface area (Å²) in [6, 6.07) is 10.8. The lowest BCUT2D eigenvalue weighted by molar-refractivity contribution is 0.0913. The molecule has 2 heterocycles. The van der Waals surface area contributed by atoms with Crippen molar-refractivity contribution in [2.24, 2.45) is 0 Å². The molecule has 2 aromatic heterocycles. The average molecular weight is 327 g/mol. The SMILES string of the molecule is Cc1cc(C(=O)NCc2cccnc2Oc2cccc(F)c2)on1. The van der Waals surface area contributed by atoms with Gasteiger partial charge in [0, 0.05) is 30.4 Å². The van der Waals surface area contributed by atoms with E-state index in [-0.39, 0.29) is 18.2 Å². The van der Waals surface area contributed by atoms with Gasteiger partial charge in [0.05, 0.1) is 5.69 Å². The van der Waals surface area contributed by atoms with E-state index in [9.17, 15) is 9.18 Å². The van der Waals surface area contributed by atoms with Crippen LogP contribution in [0.1, 0.15) is 21.8 Å². The van der Waals surface area contributed by atoms with Crippen LogP contribution in [-0.2, 0) is 6.54 Å². The van der Waals surface area contributed by atoms with E-state index in [1.807, 2.05) is 0 Å². The summed E-state index contributed by atoms with van der Waals surface area (Å²) in [5, 5.41) is 6.37. The first kappa shape index (κ1) is 15.7. The zero-order chi connectivity index (χ0) is 16.9. The van der Waals surface area contributed by atoms with Gasteiger partial charge in [-0.05, 0) is 25.1 Å². The molecular weight excluding hydrogens is 313 g/mol. The first-order valence-electron chi connectivity index (χ1n) is 7.20. The van der Waals surface area contributed by atoms with Crippen molar-refractivity contribution >= 4 is 5.91 Å². The highest BCUT2D eigenvalue weighted by atomic mass is 19.1. The molecule has 0 saturated heterocycles. The fourth-order valence-electron chi connectivity index (χ4n) is 2.03. The van der Waals surface area contributed by atoms with Crippen LogP contribution in [0.5, 0.6) is 11.6 Å². The standard InChI is InChI=1S/C17H14FN3O3/c1-11-8-15(24-21-11)16(22)20-10-12-4-3-7-19-17(12)23-14-6-2-5-13(18)9-14/h2-9H,10H2,1H3,(H,20,22). The Labute approximate surface area is 137 Å². The van der Waals surface area contributed by atoms with E-state index in [2.05, 4.69) is 15.5 Å². The van der Waals surface area contributed by atoms with Crippen molar-refractivity contribution in [3.05, 3.63) is 71.5 Å². The Morgan fingerprint density at radius 2 is 2.17 bits per heavy atom. The van der Waals surface area contributed by atoms with Crippen LogP contribution in [0.15, 0.2) is 53.2 Å². The van der Waals surface area contributed by atoms with E-state index < -0.39 is 11.7 Å². The highest BCUT2D eigenvalue weighted by Gasteiger charge is 2.13. The number of pyridine rings is 1. The van der Waals surface area contributed by atoms with Gasteiger partial charge in [0.2, 0.25) is 11.6 Å². The Morgan fingerprint density at radius 3 is 2.92 bits per heavy atom. The molecule has 1 aromatic carbocycles. The van der Waals surface area contributed by atoms with Crippen molar-refractivity contribution in [1.29, 1.82) is 0 Å². The highest BCUT2D eigenvalue weighted by Crippen LogP contribution is 2.23. The maximum atomic E-state index is 13.2. The normalized spacial score (nSPS) is 10.4. The summed E-state index contributed by atoms with van der Waals surface area (Å²) in [5.74, 6) is -0.0524. The largest absolute Gasteiger partial charge is 0.439 e. The molecule has 1 amide bonds. The van der Waals surface area contributed by atoms with Gasteiger partial charge in [-0.3, -0.25) is 4.79 Å². The van der Waals surface area contributed by atoms with Gasteiger partial charge in [0.25, 0.3) is 5.91 Å². The molecule has 3 rings (SSSR count). The van der Waals surface area contributed by atoms with Crippen molar-refractivity contribution in [1.82, 2.24) is 15.5 Å². The number of nitrogens with one attached hydrogen (secondary N) is 1. The highest BCUT2D eigenvalue weighted by molar-refractivity contribution is 5.91. The first-order chi connectivity index (χ1) is 11.6. The molecule has 3 aromatic rings. The lowest BCUT2D eigenvalue weighted by Crippen LogP contribution is -2.22. The molecule has 0 fully saturated rings. The van der Waals surface area contributed by atoms with E-state index in [4.69, 9.17) is 9.26 Å². The Kier molecular flexibility index (Phi) is 4.51. The quantitative estimate of drug-likeness (QED) is 0.778. The monoisotopic (exact) mass is 327 g/mol. The van der Waals surface area contributed by atoms with Crippen molar-refractivity contribution in [3.8, 4) is 11.6 Å². The van der Waals surface area contributed by atoms with Crippen LogP contribution >= 0.6 is 0 Å². The lowest BCUT2D eigenvalue weighted by atomic mass is 10.2. The van der Waals surface area contributed by atoms with Crippen LogP contribution in [0.25, 0.3) is 0 Å². The number of benzene rings is 1. The molecule has 0 bridgehead atoms. The number of halogens is 1. The van der Waals surface area contributed by atoms with Gasteiger partial charge in [0.1, 0.15) is 11.6 Å². The third kappa shape index (κ3) is 3.75. The predicted molar refractivity (Wildman–Crippen MR) is 83.1 cm³/mol. The zero-order valence-electron chi connectivity index (χ0n) is 12.8. The van der Waals surface area contributed by atoms with Crippen LogP contribution in [0, 0.1) is 12.7 Å². The van der Waals surface area contributed by atoms with Crippen molar-refractivity contribution < 1.29 is 18.4 Å². The van der Waals surface area contributed by atoms with Crippen LogP contribution in [0.2, 0.25) is 0 Å². The molecule has 0 aliphatic carbocycles.